The molecule has 2 nitrogen and oxygen atoms in total. The zero-order valence-corrected chi connectivity index (χ0v) is 10.8. The summed E-state index contributed by atoms with van der Waals surface area (Å²) in [6.07, 6.45) is 2.56. The van der Waals surface area contributed by atoms with Crippen molar-refractivity contribution in [3.63, 3.8) is 0 Å². The van der Waals surface area contributed by atoms with E-state index in [0.29, 0.717) is 10.6 Å². The molecule has 3 aromatic rings. The average Bonchev–Trinajstić information content (AvgIpc) is 2.46. The van der Waals surface area contributed by atoms with Crippen molar-refractivity contribution in [1.82, 2.24) is 4.98 Å². The van der Waals surface area contributed by atoms with Crippen LogP contribution < -0.4 is 0 Å². The van der Waals surface area contributed by atoms with Gasteiger partial charge in [-0.25, -0.2) is 0 Å². The van der Waals surface area contributed by atoms with Gasteiger partial charge in [0.25, 0.3) is 0 Å². The van der Waals surface area contributed by atoms with Gasteiger partial charge >= 0.3 is 0 Å². The maximum atomic E-state index is 10.8. The number of aldehydes is 1. The van der Waals surface area contributed by atoms with Gasteiger partial charge in [0.2, 0.25) is 0 Å². The van der Waals surface area contributed by atoms with Crippen LogP contribution >= 0.6 is 11.6 Å². The quantitative estimate of drug-likeness (QED) is 0.646. The average molecular weight is 268 g/mol. The lowest BCUT2D eigenvalue weighted by Gasteiger charge is -2.08. The minimum atomic E-state index is 0.570. The molecule has 0 saturated heterocycles. The summed E-state index contributed by atoms with van der Waals surface area (Å²) >= 11 is 6.26. The normalized spacial score (nSPS) is 10.6. The third-order valence-electron chi connectivity index (χ3n) is 3.07. The highest BCUT2D eigenvalue weighted by Gasteiger charge is 2.08. The highest BCUT2D eigenvalue weighted by atomic mass is 35.5. The molecule has 19 heavy (non-hydrogen) atoms. The lowest BCUT2D eigenvalue weighted by molar-refractivity contribution is 0.112. The summed E-state index contributed by atoms with van der Waals surface area (Å²) in [6, 6.07) is 15.2. The zero-order valence-electron chi connectivity index (χ0n) is 10.0. The molecule has 3 rings (SSSR count). The maximum Gasteiger partial charge on any atom is 0.150 e. The van der Waals surface area contributed by atoms with Crippen LogP contribution in [0, 0.1) is 0 Å². The molecule has 1 heterocycles. The number of aromatic nitrogens is 1. The Morgan fingerprint density at radius 1 is 1.00 bits per heavy atom. The number of halogens is 1. The standard InChI is InChI=1S/C16H10ClNO/c17-15-9-11(10-19)6-7-13(15)12-3-1-5-16-14(12)4-2-8-18-16/h1-10H. The van der Waals surface area contributed by atoms with Crippen LogP contribution in [0.3, 0.4) is 0 Å². The lowest BCUT2D eigenvalue weighted by atomic mass is 9.99. The minimum absolute atomic E-state index is 0.570. The van der Waals surface area contributed by atoms with Crippen LogP contribution in [-0.4, -0.2) is 11.3 Å². The SMILES string of the molecule is O=Cc1ccc(-c2cccc3ncccc23)c(Cl)c1. The third kappa shape index (κ3) is 2.11. The Balaban J connectivity index is 2.27. The zero-order chi connectivity index (χ0) is 13.2. The largest absolute Gasteiger partial charge is 0.298 e. The van der Waals surface area contributed by atoms with E-state index in [9.17, 15) is 4.79 Å². The molecule has 0 fully saturated rings. The summed E-state index contributed by atoms with van der Waals surface area (Å²) in [5.74, 6) is 0. The summed E-state index contributed by atoms with van der Waals surface area (Å²) in [5.41, 5.74) is 3.43. The van der Waals surface area contributed by atoms with Gasteiger partial charge in [-0.2, -0.15) is 0 Å². The first-order chi connectivity index (χ1) is 9.29. The number of carbonyl (C=O) groups is 1. The first-order valence-corrected chi connectivity index (χ1v) is 6.26. The molecule has 3 heteroatoms. The van der Waals surface area contributed by atoms with Crippen molar-refractivity contribution < 1.29 is 4.79 Å². The number of pyridine rings is 1. The van der Waals surface area contributed by atoms with E-state index in [0.717, 1.165) is 28.3 Å². The predicted molar refractivity (Wildman–Crippen MR) is 77.6 cm³/mol. The van der Waals surface area contributed by atoms with E-state index in [-0.39, 0.29) is 0 Å². The first kappa shape index (κ1) is 11.9. The van der Waals surface area contributed by atoms with Crippen LogP contribution in [0.4, 0.5) is 0 Å². The van der Waals surface area contributed by atoms with Crippen LogP contribution in [0.2, 0.25) is 5.02 Å². The molecule has 0 N–H and O–H groups in total. The number of hydrogen-bond donors (Lipinski definition) is 0. The molecule has 0 amide bonds. The van der Waals surface area contributed by atoms with Crippen molar-refractivity contribution >= 4 is 28.8 Å². The van der Waals surface area contributed by atoms with Gasteiger partial charge in [0.15, 0.2) is 0 Å². The number of fused-ring (bicyclic) bond motifs is 1. The summed E-state index contributed by atoms with van der Waals surface area (Å²) in [7, 11) is 0. The second kappa shape index (κ2) is 4.82. The van der Waals surface area contributed by atoms with Gasteiger partial charge in [-0.1, -0.05) is 41.9 Å². The summed E-state index contributed by atoms with van der Waals surface area (Å²) in [6.45, 7) is 0. The Labute approximate surface area is 115 Å². The topological polar surface area (TPSA) is 30.0 Å². The van der Waals surface area contributed by atoms with Gasteiger partial charge in [0.1, 0.15) is 6.29 Å². The monoisotopic (exact) mass is 267 g/mol. The fourth-order valence-corrected chi connectivity index (χ4v) is 2.45. The molecule has 0 aliphatic rings. The van der Waals surface area contributed by atoms with Gasteiger partial charge in [0, 0.05) is 27.7 Å². The van der Waals surface area contributed by atoms with Crippen LogP contribution in [0.15, 0.2) is 54.7 Å². The molecular weight excluding hydrogens is 258 g/mol. The van der Waals surface area contributed by atoms with Crippen molar-refractivity contribution in [2.75, 3.05) is 0 Å². The van der Waals surface area contributed by atoms with Gasteiger partial charge in [-0.05, 0) is 23.8 Å². The van der Waals surface area contributed by atoms with E-state index < -0.39 is 0 Å². The third-order valence-corrected chi connectivity index (χ3v) is 3.38. The molecule has 0 spiro atoms. The van der Waals surface area contributed by atoms with E-state index in [1.54, 1.807) is 18.3 Å². The molecule has 0 unspecified atom stereocenters. The number of benzene rings is 2. The molecule has 0 radical (unpaired) electrons. The van der Waals surface area contributed by atoms with Crippen LogP contribution in [-0.2, 0) is 0 Å². The first-order valence-electron chi connectivity index (χ1n) is 5.88. The molecule has 92 valence electrons. The van der Waals surface area contributed by atoms with Crippen LogP contribution in [0.1, 0.15) is 10.4 Å². The van der Waals surface area contributed by atoms with Crippen molar-refractivity contribution in [3.8, 4) is 11.1 Å². The second-order valence-corrected chi connectivity index (χ2v) is 4.64. The number of hydrogen-bond acceptors (Lipinski definition) is 2. The molecule has 0 bridgehead atoms. The fraction of sp³-hybridized carbons (Fsp3) is 0. The van der Waals surface area contributed by atoms with Gasteiger partial charge in [-0.15, -0.1) is 0 Å². The molecule has 0 aliphatic carbocycles. The summed E-state index contributed by atoms with van der Waals surface area (Å²) in [4.78, 5) is 15.1. The molecule has 0 saturated carbocycles. The number of carbonyl (C=O) groups excluding carboxylic acids is 1. The molecule has 1 aromatic heterocycles. The smallest absolute Gasteiger partial charge is 0.150 e. The van der Waals surface area contributed by atoms with Gasteiger partial charge in [-0.3, -0.25) is 9.78 Å². The highest BCUT2D eigenvalue weighted by molar-refractivity contribution is 6.34. The summed E-state index contributed by atoms with van der Waals surface area (Å²) in [5, 5.41) is 1.62. The summed E-state index contributed by atoms with van der Waals surface area (Å²) < 4.78 is 0. The van der Waals surface area contributed by atoms with E-state index in [4.69, 9.17) is 11.6 Å². The second-order valence-electron chi connectivity index (χ2n) is 4.23. The van der Waals surface area contributed by atoms with E-state index in [1.165, 1.54) is 0 Å². The Morgan fingerprint density at radius 3 is 2.68 bits per heavy atom. The Bertz CT molecular complexity index is 762. The van der Waals surface area contributed by atoms with Crippen LogP contribution in [0.25, 0.3) is 22.0 Å². The molecule has 0 aliphatic heterocycles. The van der Waals surface area contributed by atoms with Crippen molar-refractivity contribution in [2.24, 2.45) is 0 Å². The molecule has 2 aromatic carbocycles. The van der Waals surface area contributed by atoms with E-state index in [1.807, 2.05) is 36.4 Å². The number of rotatable bonds is 2. The van der Waals surface area contributed by atoms with E-state index >= 15 is 0 Å². The van der Waals surface area contributed by atoms with E-state index in [2.05, 4.69) is 4.98 Å². The van der Waals surface area contributed by atoms with Crippen molar-refractivity contribution in [3.05, 3.63) is 65.3 Å². The number of nitrogens with zero attached hydrogens (tertiary/aromatic N) is 1. The lowest BCUT2D eigenvalue weighted by Crippen LogP contribution is -1.86. The fourth-order valence-electron chi connectivity index (χ4n) is 2.16. The maximum absolute atomic E-state index is 10.8. The Kier molecular flexibility index (Phi) is 3.02. The predicted octanol–water partition coefficient (Wildman–Crippen LogP) is 4.37. The Hall–Kier alpha value is -2.19. The van der Waals surface area contributed by atoms with Crippen LogP contribution in [0.5, 0.6) is 0 Å². The highest BCUT2D eigenvalue weighted by Crippen LogP contribution is 2.33. The van der Waals surface area contributed by atoms with Gasteiger partial charge in [0.05, 0.1) is 5.52 Å². The van der Waals surface area contributed by atoms with Crippen molar-refractivity contribution in [2.45, 2.75) is 0 Å². The Morgan fingerprint density at radius 2 is 1.89 bits per heavy atom. The molecule has 0 atom stereocenters. The van der Waals surface area contributed by atoms with Gasteiger partial charge < -0.3 is 0 Å². The van der Waals surface area contributed by atoms with Crippen molar-refractivity contribution in [1.29, 1.82) is 0 Å². The minimum Gasteiger partial charge on any atom is -0.298 e. The molecular formula is C16H10ClNO.